The van der Waals surface area contributed by atoms with Crippen molar-refractivity contribution >= 4 is 67.1 Å². The van der Waals surface area contributed by atoms with E-state index in [9.17, 15) is 22.9 Å². The van der Waals surface area contributed by atoms with Gasteiger partial charge in [0.25, 0.3) is 16.0 Å². The van der Waals surface area contributed by atoms with Gasteiger partial charge >= 0.3 is 29.6 Å². The van der Waals surface area contributed by atoms with Crippen LogP contribution in [0.15, 0.2) is 75.8 Å². The van der Waals surface area contributed by atoms with E-state index < -0.39 is 26.7 Å². The number of methoxy groups -OCH3 is 1. The summed E-state index contributed by atoms with van der Waals surface area (Å²) in [4.78, 5) is 12.6. The van der Waals surface area contributed by atoms with Gasteiger partial charge in [-0.1, -0.05) is 72.3 Å². The third-order valence-electron chi connectivity index (χ3n) is 5.72. The molecule has 4 aromatic carbocycles. The van der Waals surface area contributed by atoms with Gasteiger partial charge < -0.3 is 15.2 Å². The summed E-state index contributed by atoms with van der Waals surface area (Å²) in [5.74, 6) is -1.25. The fourth-order valence-corrected chi connectivity index (χ4v) is 5.05. The Hall–Kier alpha value is -2.70. The largest absolute Gasteiger partial charge is 1.00 e. The van der Waals surface area contributed by atoms with Crippen molar-refractivity contribution in [3.63, 3.8) is 0 Å². The van der Waals surface area contributed by atoms with E-state index >= 15 is 0 Å². The first kappa shape index (κ1) is 30.8. The van der Waals surface area contributed by atoms with Crippen molar-refractivity contribution in [3.05, 3.63) is 81.8 Å². The second-order valence-electron chi connectivity index (χ2n) is 8.01. The Bertz CT molecular complexity index is 1710. The molecule has 9 nitrogen and oxygen atoms in total. The molecule has 39 heavy (non-hydrogen) atoms. The number of ether oxygens (including phenoxy) is 1. The minimum Gasteiger partial charge on any atom is -0.870 e. The molecule has 0 spiro atoms. The molecule has 4 rings (SSSR count). The zero-order chi connectivity index (χ0) is 27.6. The van der Waals surface area contributed by atoms with Crippen LogP contribution in [-0.2, 0) is 16.5 Å². The summed E-state index contributed by atoms with van der Waals surface area (Å²) in [5, 5.41) is 25.1. The molecule has 0 bridgehead atoms. The van der Waals surface area contributed by atoms with Gasteiger partial charge in [0, 0.05) is 10.9 Å². The molecule has 13 heteroatoms. The number of para-hydroxylation sites is 1. The van der Waals surface area contributed by atoms with E-state index in [0.717, 1.165) is 6.07 Å². The smallest absolute Gasteiger partial charge is 0.870 e. The number of carbonyl (C=O) groups excluding carboxylic acids is 1. The molecule has 196 valence electrons. The quantitative estimate of drug-likeness (QED) is 0.189. The molecule has 0 aliphatic heterocycles. The zero-order valence-electron chi connectivity index (χ0n) is 21.0. The second kappa shape index (κ2) is 12.6. The Morgan fingerprint density at radius 2 is 1.74 bits per heavy atom. The fraction of sp³-hybridized carbons (Fsp3) is 0.115. The maximum Gasteiger partial charge on any atom is 1.00 e. The van der Waals surface area contributed by atoms with Crippen LogP contribution in [0.4, 0.5) is 17.1 Å². The van der Waals surface area contributed by atoms with Crippen molar-refractivity contribution in [1.82, 2.24) is 0 Å². The summed E-state index contributed by atoms with van der Waals surface area (Å²) in [6, 6.07) is 15.5. The fourth-order valence-electron chi connectivity index (χ4n) is 3.82. The van der Waals surface area contributed by atoms with Gasteiger partial charge in [-0.05, 0) is 41.6 Å². The normalized spacial score (nSPS) is 11.4. The number of hydrogen-bond acceptors (Lipinski definition) is 7. The van der Waals surface area contributed by atoms with E-state index in [2.05, 4.69) is 15.5 Å². The zero-order valence-corrected chi connectivity index (χ0v) is 25.4. The van der Waals surface area contributed by atoms with Gasteiger partial charge in [-0.15, -0.1) is 5.11 Å². The van der Waals surface area contributed by atoms with Crippen LogP contribution in [0.3, 0.4) is 0 Å². The number of hydrogen-bond donors (Lipinski definition) is 2. The first-order valence-corrected chi connectivity index (χ1v) is 13.3. The second-order valence-corrected chi connectivity index (χ2v) is 10.2. The molecule has 0 aromatic heterocycles. The summed E-state index contributed by atoms with van der Waals surface area (Å²) in [6.07, 6.45) is 0.448. The minimum atomic E-state index is -4.71. The number of nitrogens with one attached hydrogen (secondary N) is 1. The minimum absolute atomic E-state index is 0. The molecular weight excluding hydrogens is 576 g/mol. The average molecular weight is 596 g/mol. The molecule has 0 aliphatic rings. The van der Waals surface area contributed by atoms with Crippen LogP contribution < -0.4 is 44.7 Å². The van der Waals surface area contributed by atoms with Gasteiger partial charge in [-0.3, -0.25) is 9.35 Å². The molecule has 0 fully saturated rings. The molecule has 1 amide bonds. The van der Waals surface area contributed by atoms with Crippen molar-refractivity contribution < 1.29 is 57.2 Å². The summed E-state index contributed by atoms with van der Waals surface area (Å²) in [6.45, 7) is 1.80. The van der Waals surface area contributed by atoms with E-state index in [0.29, 0.717) is 28.5 Å². The molecule has 4 aromatic rings. The van der Waals surface area contributed by atoms with Crippen LogP contribution in [-0.4, -0.2) is 26.0 Å². The topological polar surface area (TPSA) is 140 Å². The van der Waals surface area contributed by atoms with Crippen LogP contribution in [0.25, 0.3) is 10.8 Å². The number of aryl methyl sites for hydroxylation is 1. The number of fused-ring (bicyclic) bond motifs is 1. The summed E-state index contributed by atoms with van der Waals surface area (Å²) >= 11 is 12.6. The van der Waals surface area contributed by atoms with Crippen molar-refractivity contribution in [1.29, 1.82) is 0 Å². The van der Waals surface area contributed by atoms with Crippen molar-refractivity contribution in [2.24, 2.45) is 10.2 Å². The first-order chi connectivity index (χ1) is 18.1. The van der Waals surface area contributed by atoms with E-state index in [1.807, 2.05) is 0 Å². The monoisotopic (exact) mass is 595 g/mol. The van der Waals surface area contributed by atoms with Crippen molar-refractivity contribution in [2.75, 3.05) is 12.4 Å². The Morgan fingerprint density at radius 3 is 2.41 bits per heavy atom. The first-order valence-electron chi connectivity index (χ1n) is 11.1. The van der Waals surface area contributed by atoms with Crippen LogP contribution in [0.1, 0.15) is 22.8 Å². The number of nitrogens with zero attached hydrogens (tertiary/aromatic N) is 2. The Kier molecular flexibility index (Phi) is 10.0. The van der Waals surface area contributed by atoms with Crippen molar-refractivity contribution in [2.45, 2.75) is 18.2 Å². The maximum absolute atomic E-state index is 13.5. The number of amides is 1. The predicted molar refractivity (Wildman–Crippen MR) is 144 cm³/mol. The standard InChI is InChI=1S/C26H21Cl2N3O6S.Na/c1-3-14-11-12-20(38(34,35)36)24(21(14)28)31-30-22-16-8-5-4-7-15(16)13-17(25(22)32)26(33)29-23-18(27)9-6-10-19(23)37-2;/h4-13,32H,3H2,1-2H3,(H,29,33)(H,34,35,36);/q;+1/p-1. The molecule has 0 radical (unpaired) electrons. The van der Waals surface area contributed by atoms with Gasteiger partial charge in [0.1, 0.15) is 22.0 Å². The predicted octanol–water partition coefficient (Wildman–Crippen LogP) is 3.71. The van der Waals surface area contributed by atoms with Gasteiger partial charge in [0.05, 0.1) is 22.8 Å². The van der Waals surface area contributed by atoms with Gasteiger partial charge in [-0.2, -0.15) is 13.5 Å². The number of anilines is 1. The third kappa shape index (κ3) is 6.38. The van der Waals surface area contributed by atoms with Crippen LogP contribution in [0.5, 0.6) is 11.5 Å². The molecule has 0 saturated carbocycles. The van der Waals surface area contributed by atoms with Crippen LogP contribution in [0, 0.1) is 0 Å². The summed E-state index contributed by atoms with van der Waals surface area (Å²) < 4.78 is 38.8. The molecule has 0 saturated heterocycles. The van der Waals surface area contributed by atoms with Crippen LogP contribution in [0.2, 0.25) is 10.0 Å². The number of halogens is 2. The summed E-state index contributed by atoms with van der Waals surface area (Å²) in [7, 11) is -3.30. The molecule has 0 unspecified atom stereocenters. The molecule has 0 aliphatic carbocycles. The van der Waals surface area contributed by atoms with Crippen molar-refractivity contribution in [3.8, 4) is 11.5 Å². The maximum atomic E-state index is 13.5. The van der Waals surface area contributed by atoms with E-state index in [1.54, 1.807) is 49.4 Å². The number of carbonyl (C=O) groups is 1. The number of rotatable bonds is 7. The molecule has 0 atom stereocenters. The number of azo groups is 1. The van der Waals surface area contributed by atoms with Gasteiger partial charge in [0.15, 0.2) is 0 Å². The summed E-state index contributed by atoms with van der Waals surface area (Å²) in [5.41, 5.74) is -0.0743. The molecule has 2 N–H and O–H groups in total. The van der Waals surface area contributed by atoms with Crippen LogP contribution >= 0.6 is 23.2 Å². The Balaban J connectivity index is 0.00000420. The Morgan fingerprint density at radius 1 is 1.05 bits per heavy atom. The average Bonchev–Trinajstić information content (AvgIpc) is 2.88. The molecule has 0 heterocycles. The van der Waals surface area contributed by atoms with E-state index in [4.69, 9.17) is 27.9 Å². The third-order valence-corrected chi connectivity index (χ3v) is 7.34. The van der Waals surface area contributed by atoms with E-state index in [1.165, 1.54) is 19.2 Å². The van der Waals surface area contributed by atoms with Gasteiger partial charge in [0.2, 0.25) is 0 Å². The van der Waals surface area contributed by atoms with Gasteiger partial charge in [-0.25, -0.2) is 0 Å². The van der Waals surface area contributed by atoms with E-state index in [-0.39, 0.29) is 62.2 Å². The number of benzene rings is 4. The molecular formula is C26H20Cl2N3NaO6S. The Labute approximate surface area is 256 Å². The SMILES string of the molecule is CCc1ccc(S(=O)(=O)O)c(N=Nc2c([O-])c(C(=O)Nc3c(Cl)cccc3OC)cc3ccccc23)c1Cl.[Na+].